The van der Waals surface area contributed by atoms with Crippen LogP contribution in [0.15, 0.2) is 103 Å². The average Bonchev–Trinajstić information content (AvgIpc) is 2.79. The monoisotopic (exact) mass is 366 g/mol. The minimum atomic E-state index is -0.456. The van der Waals surface area contributed by atoms with E-state index >= 15 is 0 Å². The van der Waals surface area contributed by atoms with E-state index in [-0.39, 0.29) is 0 Å². The molecule has 0 bridgehead atoms. The van der Waals surface area contributed by atoms with Crippen LogP contribution in [0.25, 0.3) is 11.3 Å². The van der Waals surface area contributed by atoms with Crippen LogP contribution < -0.4 is 0 Å². The lowest BCUT2D eigenvalue weighted by Gasteiger charge is -2.37. The van der Waals surface area contributed by atoms with Gasteiger partial charge in [0.25, 0.3) is 0 Å². The smallest absolute Gasteiger partial charge is 0.153 e. The molecule has 1 atom stereocenters. The van der Waals surface area contributed by atoms with Gasteiger partial charge in [-0.05, 0) is 41.7 Å². The minimum absolute atomic E-state index is 0.456. The van der Waals surface area contributed by atoms with E-state index in [1.807, 2.05) is 6.07 Å². The van der Waals surface area contributed by atoms with Crippen LogP contribution in [-0.4, -0.2) is 0 Å². The highest BCUT2D eigenvalue weighted by Gasteiger charge is 2.35. The van der Waals surface area contributed by atoms with Gasteiger partial charge in [0, 0.05) is 5.56 Å². The SMILES string of the molecule is CCCCC1(c2ccccc2)C=C(c2ccccc2)C=C(c2ccccc2)O1. The molecule has 0 aliphatic carbocycles. The lowest BCUT2D eigenvalue weighted by atomic mass is 9.83. The van der Waals surface area contributed by atoms with Crippen molar-refractivity contribution in [1.82, 2.24) is 0 Å². The van der Waals surface area contributed by atoms with Crippen LogP contribution in [0.3, 0.4) is 0 Å². The molecule has 0 saturated heterocycles. The molecule has 1 heteroatoms. The van der Waals surface area contributed by atoms with Crippen molar-refractivity contribution >= 4 is 11.3 Å². The molecule has 1 aliphatic rings. The first-order chi connectivity index (χ1) is 13.8. The zero-order valence-corrected chi connectivity index (χ0v) is 16.3. The van der Waals surface area contributed by atoms with Crippen LogP contribution in [-0.2, 0) is 10.3 Å². The molecule has 1 nitrogen and oxygen atoms in total. The zero-order chi connectivity index (χ0) is 19.2. The second-order valence-electron chi connectivity index (χ2n) is 7.30. The van der Waals surface area contributed by atoms with Gasteiger partial charge in [-0.2, -0.15) is 0 Å². The number of benzene rings is 3. The first-order valence-corrected chi connectivity index (χ1v) is 10.1. The van der Waals surface area contributed by atoms with Gasteiger partial charge in [-0.3, -0.25) is 0 Å². The normalized spacial score (nSPS) is 18.8. The van der Waals surface area contributed by atoms with Gasteiger partial charge in [0.1, 0.15) is 5.76 Å². The lowest BCUT2D eigenvalue weighted by Crippen LogP contribution is -2.29. The van der Waals surface area contributed by atoms with Gasteiger partial charge in [-0.25, -0.2) is 0 Å². The van der Waals surface area contributed by atoms with Crippen LogP contribution in [0.5, 0.6) is 0 Å². The summed E-state index contributed by atoms with van der Waals surface area (Å²) in [5.74, 6) is 0.932. The summed E-state index contributed by atoms with van der Waals surface area (Å²) in [5, 5.41) is 0. The lowest BCUT2D eigenvalue weighted by molar-refractivity contribution is 0.0719. The molecule has 0 spiro atoms. The summed E-state index contributed by atoms with van der Waals surface area (Å²) in [5.41, 5.74) is 4.29. The molecule has 4 rings (SSSR count). The number of allylic oxidation sites excluding steroid dienone is 2. The van der Waals surface area contributed by atoms with Crippen molar-refractivity contribution in [1.29, 1.82) is 0 Å². The Morgan fingerprint density at radius 2 is 1.29 bits per heavy atom. The van der Waals surface area contributed by atoms with Gasteiger partial charge in [-0.1, -0.05) is 104 Å². The van der Waals surface area contributed by atoms with Crippen molar-refractivity contribution in [2.75, 3.05) is 0 Å². The molecule has 1 unspecified atom stereocenters. The summed E-state index contributed by atoms with van der Waals surface area (Å²) in [6.07, 6.45) is 7.69. The fourth-order valence-corrected chi connectivity index (χ4v) is 3.80. The van der Waals surface area contributed by atoms with Crippen LogP contribution in [0.1, 0.15) is 42.9 Å². The molecule has 0 amide bonds. The highest BCUT2D eigenvalue weighted by atomic mass is 16.5. The molecule has 0 radical (unpaired) electrons. The Kier molecular flexibility index (Phi) is 5.43. The summed E-state index contributed by atoms with van der Waals surface area (Å²) < 4.78 is 6.78. The molecule has 1 aliphatic heterocycles. The maximum absolute atomic E-state index is 6.78. The van der Waals surface area contributed by atoms with E-state index in [0.717, 1.165) is 30.6 Å². The van der Waals surface area contributed by atoms with Crippen LogP contribution in [0, 0.1) is 0 Å². The highest BCUT2D eigenvalue weighted by molar-refractivity contribution is 5.84. The third kappa shape index (κ3) is 3.80. The van der Waals surface area contributed by atoms with E-state index in [1.165, 1.54) is 16.7 Å². The largest absolute Gasteiger partial charge is 0.478 e. The average molecular weight is 367 g/mol. The van der Waals surface area contributed by atoms with Gasteiger partial charge in [-0.15, -0.1) is 0 Å². The molecule has 140 valence electrons. The Morgan fingerprint density at radius 1 is 0.714 bits per heavy atom. The van der Waals surface area contributed by atoms with E-state index in [4.69, 9.17) is 4.74 Å². The van der Waals surface area contributed by atoms with E-state index in [2.05, 4.69) is 104 Å². The van der Waals surface area contributed by atoms with E-state index in [0.29, 0.717) is 0 Å². The van der Waals surface area contributed by atoms with Crippen molar-refractivity contribution in [3.8, 4) is 0 Å². The summed E-state index contributed by atoms with van der Waals surface area (Å²) in [4.78, 5) is 0. The van der Waals surface area contributed by atoms with Gasteiger partial charge >= 0.3 is 0 Å². The molecule has 0 saturated carbocycles. The molecule has 28 heavy (non-hydrogen) atoms. The number of hydrogen-bond donors (Lipinski definition) is 0. The summed E-state index contributed by atoms with van der Waals surface area (Å²) in [6.45, 7) is 2.23. The predicted molar refractivity (Wildman–Crippen MR) is 118 cm³/mol. The molecular weight excluding hydrogens is 340 g/mol. The van der Waals surface area contributed by atoms with E-state index < -0.39 is 5.60 Å². The van der Waals surface area contributed by atoms with Crippen LogP contribution >= 0.6 is 0 Å². The van der Waals surface area contributed by atoms with Crippen molar-refractivity contribution in [2.45, 2.75) is 31.8 Å². The number of hydrogen-bond acceptors (Lipinski definition) is 1. The first kappa shape index (κ1) is 18.3. The van der Waals surface area contributed by atoms with Gasteiger partial charge in [0.15, 0.2) is 5.60 Å². The highest BCUT2D eigenvalue weighted by Crippen LogP contribution is 2.44. The Labute approximate surface area is 168 Å². The molecule has 0 N–H and O–H groups in total. The Bertz CT molecular complexity index is 955. The first-order valence-electron chi connectivity index (χ1n) is 10.1. The molecular formula is C27H26O. The molecule has 3 aromatic rings. The van der Waals surface area contributed by atoms with Gasteiger partial charge in [0.05, 0.1) is 0 Å². The molecule has 0 aromatic heterocycles. The van der Waals surface area contributed by atoms with Gasteiger partial charge in [0.2, 0.25) is 0 Å². The molecule has 0 fully saturated rings. The second-order valence-corrected chi connectivity index (χ2v) is 7.30. The molecule has 1 heterocycles. The maximum Gasteiger partial charge on any atom is 0.153 e. The predicted octanol–water partition coefficient (Wildman–Crippen LogP) is 7.23. The second kappa shape index (κ2) is 8.31. The number of rotatable bonds is 6. The summed E-state index contributed by atoms with van der Waals surface area (Å²) >= 11 is 0. The summed E-state index contributed by atoms with van der Waals surface area (Å²) in [7, 11) is 0. The molecule has 3 aromatic carbocycles. The minimum Gasteiger partial charge on any atom is -0.478 e. The zero-order valence-electron chi connectivity index (χ0n) is 16.3. The van der Waals surface area contributed by atoms with E-state index in [1.54, 1.807) is 0 Å². The van der Waals surface area contributed by atoms with Crippen molar-refractivity contribution in [3.63, 3.8) is 0 Å². The fraction of sp³-hybridized carbons (Fsp3) is 0.185. The fourth-order valence-electron chi connectivity index (χ4n) is 3.80. The van der Waals surface area contributed by atoms with E-state index in [9.17, 15) is 0 Å². The Hall–Kier alpha value is -3.06. The summed E-state index contributed by atoms with van der Waals surface area (Å²) in [6, 6.07) is 31.6. The maximum atomic E-state index is 6.78. The van der Waals surface area contributed by atoms with Gasteiger partial charge < -0.3 is 4.74 Å². The third-order valence-electron chi connectivity index (χ3n) is 5.30. The topological polar surface area (TPSA) is 9.23 Å². The van der Waals surface area contributed by atoms with Crippen LogP contribution in [0.4, 0.5) is 0 Å². The van der Waals surface area contributed by atoms with Crippen LogP contribution in [0.2, 0.25) is 0 Å². The van der Waals surface area contributed by atoms with Crippen molar-refractivity contribution in [3.05, 3.63) is 120 Å². The Balaban J connectivity index is 1.88. The quantitative estimate of drug-likeness (QED) is 0.447. The standard InChI is InChI=1S/C27H26O/c1-2-3-19-27(25-17-11-6-12-18-25)21-24(22-13-7-4-8-14-22)20-26(28-27)23-15-9-5-10-16-23/h4-18,20-21H,2-3,19H2,1H3. The van der Waals surface area contributed by atoms with Crippen molar-refractivity contribution in [2.24, 2.45) is 0 Å². The van der Waals surface area contributed by atoms with Crippen molar-refractivity contribution < 1.29 is 4.74 Å². The number of unbranched alkanes of at least 4 members (excludes halogenated alkanes) is 1. The third-order valence-corrected chi connectivity index (χ3v) is 5.30. The number of ether oxygens (including phenoxy) is 1. The Morgan fingerprint density at radius 3 is 1.89 bits per heavy atom.